The molecule has 0 unspecified atom stereocenters. The second kappa shape index (κ2) is 6.23. The van der Waals surface area contributed by atoms with E-state index in [1.54, 1.807) is 30.3 Å². The van der Waals surface area contributed by atoms with Crippen molar-refractivity contribution in [3.63, 3.8) is 0 Å². The zero-order valence-corrected chi connectivity index (χ0v) is 13.6. The highest BCUT2D eigenvalue weighted by Gasteiger charge is 2.24. The number of hydrogen-bond donors (Lipinski definition) is 1. The third-order valence-electron chi connectivity index (χ3n) is 2.97. The number of nitrogens with two attached hydrogens (primary N) is 1. The van der Waals surface area contributed by atoms with E-state index < -0.39 is 10.0 Å². The first-order valence-corrected chi connectivity index (χ1v) is 8.26. The van der Waals surface area contributed by atoms with E-state index in [1.165, 1.54) is 23.5 Å². The lowest BCUT2D eigenvalue weighted by Gasteiger charge is -2.18. The summed E-state index contributed by atoms with van der Waals surface area (Å²) in [5, 5.41) is 0.461. The minimum atomic E-state index is -3.71. The Kier molecular flexibility index (Phi) is 4.78. The molecule has 0 aliphatic heterocycles. The number of benzene rings is 2. The average Bonchev–Trinajstić information content (AvgIpc) is 2.43. The Morgan fingerprint density at radius 1 is 1.10 bits per heavy atom. The van der Waals surface area contributed by atoms with Crippen molar-refractivity contribution in [3.8, 4) is 0 Å². The van der Waals surface area contributed by atoms with E-state index >= 15 is 0 Å². The minimum absolute atomic E-state index is 0.00499. The highest BCUT2D eigenvalue weighted by Crippen LogP contribution is 2.27. The second-order valence-corrected chi connectivity index (χ2v) is 7.43. The minimum Gasteiger partial charge on any atom is -0.399 e. The van der Waals surface area contributed by atoms with Crippen LogP contribution in [0.25, 0.3) is 0 Å². The van der Waals surface area contributed by atoms with Gasteiger partial charge in [-0.05, 0) is 35.9 Å². The summed E-state index contributed by atoms with van der Waals surface area (Å²) in [6.07, 6.45) is 0. The summed E-state index contributed by atoms with van der Waals surface area (Å²) in [6, 6.07) is 11.4. The van der Waals surface area contributed by atoms with Crippen LogP contribution in [0.4, 0.5) is 5.69 Å². The molecule has 2 aromatic carbocycles. The molecule has 0 amide bonds. The van der Waals surface area contributed by atoms with Crippen molar-refractivity contribution >= 4 is 38.9 Å². The molecule has 0 aromatic heterocycles. The van der Waals surface area contributed by atoms with Gasteiger partial charge in [0.25, 0.3) is 0 Å². The molecule has 2 rings (SSSR count). The van der Waals surface area contributed by atoms with E-state index in [0.29, 0.717) is 10.7 Å². The first kappa shape index (κ1) is 16.1. The van der Waals surface area contributed by atoms with Crippen LogP contribution in [0.1, 0.15) is 5.56 Å². The van der Waals surface area contributed by atoms with Gasteiger partial charge in [0.1, 0.15) is 4.90 Å². The number of anilines is 1. The van der Waals surface area contributed by atoms with Gasteiger partial charge in [-0.15, -0.1) is 0 Å². The molecule has 0 aliphatic rings. The zero-order valence-electron chi connectivity index (χ0n) is 11.3. The summed E-state index contributed by atoms with van der Waals surface area (Å²) < 4.78 is 26.3. The van der Waals surface area contributed by atoms with Gasteiger partial charge < -0.3 is 5.73 Å². The molecule has 4 nitrogen and oxygen atoms in total. The fraction of sp³-hybridized carbons (Fsp3) is 0.143. The van der Waals surface area contributed by atoms with Crippen LogP contribution < -0.4 is 5.73 Å². The molecule has 2 aromatic rings. The van der Waals surface area contributed by atoms with Gasteiger partial charge in [-0.25, -0.2) is 8.42 Å². The van der Waals surface area contributed by atoms with E-state index in [4.69, 9.17) is 28.9 Å². The summed E-state index contributed by atoms with van der Waals surface area (Å²) >= 11 is 11.8. The van der Waals surface area contributed by atoms with Crippen molar-refractivity contribution in [1.29, 1.82) is 0 Å². The van der Waals surface area contributed by atoms with Crippen molar-refractivity contribution in [2.24, 2.45) is 0 Å². The summed E-state index contributed by atoms with van der Waals surface area (Å²) in [5.74, 6) is 0. The molecule has 21 heavy (non-hydrogen) atoms. The molecule has 0 fully saturated rings. The molecule has 0 spiro atoms. The first-order chi connectivity index (χ1) is 9.80. The fourth-order valence-corrected chi connectivity index (χ4v) is 3.70. The maximum Gasteiger partial charge on any atom is 0.244 e. The number of nitrogens with zero attached hydrogens (tertiary/aromatic N) is 1. The van der Waals surface area contributed by atoms with E-state index in [9.17, 15) is 8.42 Å². The van der Waals surface area contributed by atoms with Crippen LogP contribution in [0.2, 0.25) is 10.0 Å². The van der Waals surface area contributed by atoms with Crippen molar-refractivity contribution in [2.75, 3.05) is 12.8 Å². The molecule has 0 atom stereocenters. The molecule has 112 valence electrons. The molecular weight excluding hydrogens is 331 g/mol. The summed E-state index contributed by atoms with van der Waals surface area (Å²) in [6.45, 7) is 0.214. The molecule has 7 heteroatoms. The van der Waals surface area contributed by atoms with E-state index in [1.807, 2.05) is 0 Å². The van der Waals surface area contributed by atoms with Crippen molar-refractivity contribution in [2.45, 2.75) is 11.4 Å². The molecular formula is C14H14Cl2N2O2S. The highest BCUT2D eigenvalue weighted by molar-refractivity contribution is 7.89. The predicted octanol–water partition coefficient (Wildman–Crippen LogP) is 3.40. The van der Waals surface area contributed by atoms with Crippen LogP contribution in [-0.4, -0.2) is 19.8 Å². The maximum atomic E-state index is 12.5. The monoisotopic (exact) mass is 344 g/mol. The second-order valence-electron chi connectivity index (χ2n) is 4.58. The van der Waals surface area contributed by atoms with Crippen LogP contribution in [0.15, 0.2) is 47.4 Å². The Labute approximate surface area is 134 Å². The molecule has 0 bridgehead atoms. The van der Waals surface area contributed by atoms with Gasteiger partial charge in [-0.2, -0.15) is 4.31 Å². The van der Waals surface area contributed by atoms with Crippen LogP contribution >= 0.6 is 23.2 Å². The van der Waals surface area contributed by atoms with Crippen LogP contribution in [0.5, 0.6) is 0 Å². The molecule has 0 radical (unpaired) electrons. The first-order valence-electron chi connectivity index (χ1n) is 6.06. The van der Waals surface area contributed by atoms with Gasteiger partial charge in [0.05, 0.1) is 5.02 Å². The van der Waals surface area contributed by atoms with Crippen molar-refractivity contribution in [3.05, 3.63) is 58.1 Å². The zero-order chi connectivity index (χ0) is 15.6. The quantitative estimate of drug-likeness (QED) is 0.864. The third-order valence-corrected chi connectivity index (χ3v) is 5.49. The Balaban J connectivity index is 2.30. The van der Waals surface area contributed by atoms with Gasteiger partial charge in [0.2, 0.25) is 10.0 Å². The summed E-state index contributed by atoms with van der Waals surface area (Å²) in [7, 11) is -2.23. The number of nitrogen functional groups attached to an aromatic ring is 1. The normalized spacial score (nSPS) is 11.8. The standard InChI is InChI=1S/C14H14Cl2N2O2S/c1-18(9-10-2-5-12(17)6-3-10)21(19,20)14-8-11(15)4-7-13(14)16/h2-8H,9,17H2,1H3. The SMILES string of the molecule is CN(Cc1ccc(N)cc1)S(=O)(=O)c1cc(Cl)ccc1Cl. The van der Waals surface area contributed by atoms with E-state index in [-0.39, 0.29) is 16.5 Å². The Morgan fingerprint density at radius 2 is 1.71 bits per heavy atom. The lowest BCUT2D eigenvalue weighted by Crippen LogP contribution is -2.26. The lowest BCUT2D eigenvalue weighted by atomic mass is 10.2. The topological polar surface area (TPSA) is 63.4 Å². The third kappa shape index (κ3) is 3.68. The van der Waals surface area contributed by atoms with Gasteiger partial charge in [0, 0.05) is 24.3 Å². The highest BCUT2D eigenvalue weighted by atomic mass is 35.5. The Morgan fingerprint density at radius 3 is 2.33 bits per heavy atom. The molecule has 0 saturated heterocycles. The van der Waals surface area contributed by atoms with Gasteiger partial charge >= 0.3 is 0 Å². The fourth-order valence-electron chi connectivity index (χ4n) is 1.81. The van der Waals surface area contributed by atoms with Gasteiger partial charge in [-0.1, -0.05) is 35.3 Å². The molecule has 2 N–H and O–H groups in total. The Hall–Kier alpha value is -1.27. The van der Waals surface area contributed by atoms with Crippen molar-refractivity contribution < 1.29 is 8.42 Å². The predicted molar refractivity (Wildman–Crippen MR) is 86.0 cm³/mol. The average molecular weight is 345 g/mol. The number of rotatable bonds is 4. The number of halogens is 2. The van der Waals surface area contributed by atoms with Crippen LogP contribution in [-0.2, 0) is 16.6 Å². The smallest absolute Gasteiger partial charge is 0.244 e. The molecule has 0 saturated carbocycles. The summed E-state index contributed by atoms with van der Waals surface area (Å²) in [4.78, 5) is -0.00499. The van der Waals surface area contributed by atoms with Gasteiger partial charge in [-0.3, -0.25) is 0 Å². The molecule has 0 aliphatic carbocycles. The molecule has 0 heterocycles. The van der Waals surface area contributed by atoms with Crippen LogP contribution in [0.3, 0.4) is 0 Å². The maximum absolute atomic E-state index is 12.5. The van der Waals surface area contributed by atoms with Crippen LogP contribution in [0, 0.1) is 0 Å². The number of sulfonamides is 1. The largest absolute Gasteiger partial charge is 0.399 e. The van der Waals surface area contributed by atoms with E-state index in [0.717, 1.165) is 5.56 Å². The van der Waals surface area contributed by atoms with Gasteiger partial charge in [0.15, 0.2) is 0 Å². The Bertz CT molecular complexity index is 746. The van der Waals surface area contributed by atoms with Crippen molar-refractivity contribution in [1.82, 2.24) is 4.31 Å². The summed E-state index contributed by atoms with van der Waals surface area (Å²) in [5.41, 5.74) is 7.06. The lowest BCUT2D eigenvalue weighted by molar-refractivity contribution is 0.467. The number of hydrogen-bond acceptors (Lipinski definition) is 3. The van der Waals surface area contributed by atoms with E-state index in [2.05, 4.69) is 0 Å².